The number of carboxylic acids is 1. The van der Waals surface area contributed by atoms with E-state index in [1.165, 1.54) is 7.11 Å². The van der Waals surface area contributed by atoms with Crippen molar-refractivity contribution in [1.29, 1.82) is 0 Å². The van der Waals surface area contributed by atoms with E-state index >= 15 is 0 Å². The Hall–Kier alpha value is -2.14. The first-order chi connectivity index (χ1) is 11.0. The minimum atomic E-state index is -0.871. The second-order valence-electron chi connectivity index (χ2n) is 5.17. The third kappa shape index (κ3) is 4.66. The summed E-state index contributed by atoms with van der Waals surface area (Å²) >= 11 is 3.42. The van der Waals surface area contributed by atoms with Crippen LogP contribution in [0.1, 0.15) is 22.3 Å². The SMILES string of the molecule is COC(=O)c1ccc(CC(C(=O)O)C2=CC=C(Br)CC=C2)cc1. The fourth-order valence-corrected chi connectivity index (χ4v) is 2.65. The molecule has 1 N–H and O–H groups in total. The molecule has 0 fully saturated rings. The normalized spacial score (nSPS) is 15.2. The molecule has 5 heteroatoms. The summed E-state index contributed by atoms with van der Waals surface area (Å²) in [6.07, 6.45) is 8.61. The van der Waals surface area contributed by atoms with Crippen LogP contribution in [0.15, 0.2) is 58.6 Å². The van der Waals surface area contributed by atoms with Crippen LogP contribution in [-0.4, -0.2) is 24.2 Å². The van der Waals surface area contributed by atoms with E-state index in [4.69, 9.17) is 0 Å². The minimum Gasteiger partial charge on any atom is -0.481 e. The van der Waals surface area contributed by atoms with Gasteiger partial charge in [0.05, 0.1) is 18.6 Å². The number of aliphatic carboxylic acids is 1. The zero-order chi connectivity index (χ0) is 16.8. The molecule has 0 spiro atoms. The van der Waals surface area contributed by atoms with Crippen molar-refractivity contribution in [3.63, 3.8) is 0 Å². The molecule has 0 heterocycles. The second kappa shape index (κ2) is 7.92. The van der Waals surface area contributed by atoms with Crippen LogP contribution in [0, 0.1) is 5.92 Å². The summed E-state index contributed by atoms with van der Waals surface area (Å²) in [5, 5.41) is 9.54. The molecule has 120 valence electrons. The molecular weight excluding hydrogens is 360 g/mol. The lowest BCUT2D eigenvalue weighted by atomic mass is 9.91. The molecule has 1 aliphatic rings. The standard InChI is InChI=1S/C18H17BrO4/c1-23-18(22)14-7-5-12(6-8-14)11-16(17(20)21)13-3-2-4-15(19)10-9-13/h2-3,5-10,16H,4,11H2,1H3,(H,20,21). The average molecular weight is 377 g/mol. The molecule has 0 saturated heterocycles. The lowest BCUT2D eigenvalue weighted by molar-refractivity contribution is -0.140. The molecule has 23 heavy (non-hydrogen) atoms. The van der Waals surface area contributed by atoms with Crippen LogP contribution in [0.2, 0.25) is 0 Å². The van der Waals surface area contributed by atoms with E-state index in [9.17, 15) is 14.7 Å². The van der Waals surface area contributed by atoms with Gasteiger partial charge in [-0.3, -0.25) is 4.79 Å². The molecule has 1 aromatic rings. The van der Waals surface area contributed by atoms with Gasteiger partial charge in [-0.2, -0.15) is 0 Å². The maximum absolute atomic E-state index is 11.6. The van der Waals surface area contributed by atoms with Gasteiger partial charge in [0.25, 0.3) is 0 Å². The van der Waals surface area contributed by atoms with Crippen molar-refractivity contribution in [2.45, 2.75) is 12.8 Å². The van der Waals surface area contributed by atoms with E-state index in [2.05, 4.69) is 20.7 Å². The number of halogens is 1. The number of rotatable bonds is 5. The first-order valence-electron chi connectivity index (χ1n) is 7.14. The third-order valence-corrected chi connectivity index (χ3v) is 4.18. The van der Waals surface area contributed by atoms with Gasteiger partial charge < -0.3 is 9.84 Å². The first kappa shape index (κ1) is 17.2. The van der Waals surface area contributed by atoms with E-state index < -0.39 is 17.9 Å². The van der Waals surface area contributed by atoms with Gasteiger partial charge in [-0.15, -0.1) is 0 Å². The van der Waals surface area contributed by atoms with Crippen molar-refractivity contribution in [3.8, 4) is 0 Å². The van der Waals surface area contributed by atoms with Gasteiger partial charge in [0.1, 0.15) is 0 Å². The number of ether oxygens (including phenoxy) is 1. The molecule has 4 nitrogen and oxygen atoms in total. The molecule has 0 amide bonds. The number of allylic oxidation sites excluding steroid dienone is 5. The Morgan fingerprint density at radius 1 is 1.26 bits per heavy atom. The maximum atomic E-state index is 11.6. The van der Waals surface area contributed by atoms with Gasteiger partial charge in [-0.1, -0.05) is 52.4 Å². The predicted octanol–water partition coefficient (Wildman–Crippen LogP) is 3.88. The summed E-state index contributed by atoms with van der Waals surface area (Å²) in [4.78, 5) is 23.1. The lowest BCUT2D eigenvalue weighted by Crippen LogP contribution is -2.18. The average Bonchev–Trinajstić information content (AvgIpc) is 2.76. The van der Waals surface area contributed by atoms with Crippen molar-refractivity contribution < 1.29 is 19.4 Å². The Labute approximate surface area is 143 Å². The fourth-order valence-electron chi connectivity index (χ4n) is 2.33. The molecule has 0 saturated carbocycles. The number of carbonyl (C=O) groups excluding carboxylic acids is 1. The minimum absolute atomic E-state index is 0.360. The van der Waals surface area contributed by atoms with Crippen LogP contribution in [-0.2, 0) is 16.0 Å². The van der Waals surface area contributed by atoms with Crippen LogP contribution in [0.5, 0.6) is 0 Å². The fraction of sp³-hybridized carbons (Fsp3) is 0.222. The quantitative estimate of drug-likeness (QED) is 0.791. The van der Waals surface area contributed by atoms with E-state index in [0.717, 1.165) is 22.0 Å². The summed E-state index contributed by atoms with van der Waals surface area (Å²) in [6.45, 7) is 0. The Balaban J connectivity index is 2.20. The van der Waals surface area contributed by atoms with Gasteiger partial charge in [-0.25, -0.2) is 4.79 Å². The van der Waals surface area contributed by atoms with E-state index in [1.54, 1.807) is 24.3 Å². The van der Waals surface area contributed by atoms with Crippen LogP contribution in [0.3, 0.4) is 0 Å². The monoisotopic (exact) mass is 376 g/mol. The molecule has 2 rings (SSSR count). The Kier molecular flexibility index (Phi) is 5.93. The molecule has 0 aliphatic heterocycles. The Morgan fingerprint density at radius 3 is 2.57 bits per heavy atom. The smallest absolute Gasteiger partial charge is 0.337 e. The van der Waals surface area contributed by atoms with Crippen molar-refractivity contribution in [3.05, 3.63) is 69.8 Å². The molecule has 0 radical (unpaired) electrons. The Bertz CT molecular complexity index is 683. The molecular formula is C18H17BrO4. The summed E-state index contributed by atoms with van der Waals surface area (Å²) in [5.41, 5.74) is 2.05. The second-order valence-corrected chi connectivity index (χ2v) is 6.19. The summed E-state index contributed by atoms with van der Waals surface area (Å²) in [6, 6.07) is 6.81. The highest BCUT2D eigenvalue weighted by atomic mass is 79.9. The lowest BCUT2D eigenvalue weighted by Gasteiger charge is -2.14. The maximum Gasteiger partial charge on any atom is 0.337 e. The van der Waals surface area contributed by atoms with E-state index in [1.807, 2.05) is 24.3 Å². The highest BCUT2D eigenvalue weighted by molar-refractivity contribution is 9.11. The van der Waals surface area contributed by atoms with E-state index in [0.29, 0.717) is 12.0 Å². The topological polar surface area (TPSA) is 63.6 Å². The van der Waals surface area contributed by atoms with Crippen molar-refractivity contribution in [1.82, 2.24) is 0 Å². The number of benzene rings is 1. The largest absolute Gasteiger partial charge is 0.481 e. The summed E-state index contributed by atoms with van der Waals surface area (Å²) < 4.78 is 5.66. The molecule has 0 aromatic heterocycles. The highest BCUT2D eigenvalue weighted by Gasteiger charge is 2.21. The van der Waals surface area contributed by atoms with Crippen LogP contribution < -0.4 is 0 Å². The van der Waals surface area contributed by atoms with Gasteiger partial charge >= 0.3 is 11.9 Å². The van der Waals surface area contributed by atoms with Gasteiger partial charge in [0.15, 0.2) is 0 Å². The number of methoxy groups -OCH3 is 1. The number of carbonyl (C=O) groups is 2. The Morgan fingerprint density at radius 2 is 1.96 bits per heavy atom. The summed E-state index contributed by atoms with van der Waals surface area (Å²) in [5.74, 6) is -1.91. The highest BCUT2D eigenvalue weighted by Crippen LogP contribution is 2.24. The zero-order valence-electron chi connectivity index (χ0n) is 12.7. The molecule has 1 atom stereocenters. The number of carboxylic acid groups (broad SMARTS) is 1. The predicted molar refractivity (Wildman–Crippen MR) is 91.5 cm³/mol. The van der Waals surface area contributed by atoms with Crippen LogP contribution in [0.4, 0.5) is 0 Å². The van der Waals surface area contributed by atoms with E-state index in [-0.39, 0.29) is 0 Å². The van der Waals surface area contributed by atoms with Crippen molar-refractivity contribution in [2.75, 3.05) is 7.11 Å². The van der Waals surface area contributed by atoms with Gasteiger partial charge in [-0.05, 0) is 40.6 Å². The molecule has 1 aromatic carbocycles. The molecule has 1 unspecified atom stereocenters. The molecule has 1 aliphatic carbocycles. The number of hydrogen-bond donors (Lipinski definition) is 1. The van der Waals surface area contributed by atoms with Crippen molar-refractivity contribution >= 4 is 27.9 Å². The van der Waals surface area contributed by atoms with Crippen LogP contribution in [0.25, 0.3) is 0 Å². The van der Waals surface area contributed by atoms with Crippen molar-refractivity contribution in [2.24, 2.45) is 5.92 Å². The van der Waals surface area contributed by atoms with Gasteiger partial charge in [0, 0.05) is 0 Å². The summed E-state index contributed by atoms with van der Waals surface area (Å²) in [7, 11) is 1.33. The van der Waals surface area contributed by atoms with Gasteiger partial charge in [0.2, 0.25) is 0 Å². The molecule has 0 bridgehead atoms. The first-order valence-corrected chi connectivity index (χ1v) is 7.93. The van der Waals surface area contributed by atoms with Crippen LogP contribution >= 0.6 is 15.9 Å². The zero-order valence-corrected chi connectivity index (χ0v) is 14.2. The third-order valence-electron chi connectivity index (χ3n) is 3.60. The number of hydrogen-bond acceptors (Lipinski definition) is 3. The number of esters is 1.